The van der Waals surface area contributed by atoms with Gasteiger partial charge in [0.05, 0.1) is 0 Å². The van der Waals surface area contributed by atoms with E-state index in [9.17, 15) is 13.2 Å². The monoisotopic (exact) mass is 242 g/mol. The number of benzene rings is 1. The Hall–Kier alpha value is -1.52. The summed E-state index contributed by atoms with van der Waals surface area (Å²) in [7, 11) is 0. The molecule has 1 aliphatic carbocycles. The summed E-state index contributed by atoms with van der Waals surface area (Å²) in [6.45, 7) is 0. The van der Waals surface area contributed by atoms with Crippen molar-refractivity contribution in [1.29, 1.82) is 0 Å². The van der Waals surface area contributed by atoms with Crippen LogP contribution < -0.4 is 5.73 Å². The fourth-order valence-corrected chi connectivity index (χ4v) is 2.08. The Bertz CT molecular complexity index is 428. The summed E-state index contributed by atoms with van der Waals surface area (Å²) in [6.07, 6.45) is 3.88. The van der Waals surface area contributed by atoms with Crippen LogP contribution in [-0.4, -0.2) is 5.84 Å². The van der Waals surface area contributed by atoms with Crippen LogP contribution in [0.3, 0.4) is 0 Å². The molecular formula is C12H13F3N2. The summed E-state index contributed by atoms with van der Waals surface area (Å²) in [5.74, 6) is -2.70. The van der Waals surface area contributed by atoms with Gasteiger partial charge in [-0.1, -0.05) is 12.8 Å². The highest BCUT2D eigenvalue weighted by Crippen LogP contribution is 2.28. The maximum atomic E-state index is 13.3. The molecule has 0 atom stereocenters. The van der Waals surface area contributed by atoms with Crippen LogP contribution in [0, 0.1) is 23.4 Å². The Morgan fingerprint density at radius 2 is 1.65 bits per heavy atom. The van der Waals surface area contributed by atoms with Crippen LogP contribution in [0.15, 0.2) is 17.1 Å². The lowest BCUT2D eigenvalue weighted by molar-refractivity contribution is 0.546. The minimum Gasteiger partial charge on any atom is -0.387 e. The first-order chi connectivity index (χ1) is 8.08. The van der Waals surface area contributed by atoms with Crippen LogP contribution in [0.5, 0.6) is 0 Å². The molecule has 0 amide bonds. The van der Waals surface area contributed by atoms with E-state index >= 15 is 0 Å². The number of hydrogen-bond acceptors (Lipinski definition) is 1. The van der Waals surface area contributed by atoms with Gasteiger partial charge in [0.1, 0.15) is 17.3 Å². The molecule has 1 aliphatic rings. The van der Waals surface area contributed by atoms with Crippen molar-refractivity contribution in [3.8, 4) is 0 Å². The molecule has 1 aromatic rings. The molecule has 0 bridgehead atoms. The van der Waals surface area contributed by atoms with Gasteiger partial charge in [0, 0.05) is 18.1 Å². The second-order valence-electron chi connectivity index (χ2n) is 4.24. The summed E-state index contributed by atoms with van der Waals surface area (Å²) >= 11 is 0. The molecule has 1 fully saturated rings. The molecule has 0 aliphatic heterocycles. The number of nitrogens with two attached hydrogens (primary N) is 1. The summed E-state index contributed by atoms with van der Waals surface area (Å²) in [6, 6.07) is 1.20. The fraction of sp³-hybridized carbons (Fsp3) is 0.417. The average molecular weight is 242 g/mol. The Morgan fingerprint density at radius 3 is 2.18 bits per heavy atom. The van der Waals surface area contributed by atoms with Crippen LogP contribution in [0.4, 0.5) is 18.9 Å². The molecule has 5 heteroatoms. The minimum atomic E-state index is -1.02. The lowest BCUT2D eigenvalue weighted by Gasteiger charge is -2.08. The molecule has 2 nitrogen and oxygen atoms in total. The standard InChI is InChI=1S/C12H13F3N2/c13-8-5-9(14)11(10(15)6-8)17-12(16)7-3-1-2-4-7/h5-7H,1-4H2,(H2,16,17). The highest BCUT2D eigenvalue weighted by molar-refractivity contribution is 5.85. The Kier molecular flexibility index (Phi) is 3.36. The van der Waals surface area contributed by atoms with Crippen molar-refractivity contribution in [1.82, 2.24) is 0 Å². The van der Waals surface area contributed by atoms with Gasteiger partial charge < -0.3 is 5.73 Å². The van der Waals surface area contributed by atoms with E-state index in [1.54, 1.807) is 0 Å². The smallest absolute Gasteiger partial charge is 0.154 e. The van der Waals surface area contributed by atoms with Gasteiger partial charge >= 0.3 is 0 Å². The Balaban J connectivity index is 2.31. The summed E-state index contributed by atoms with van der Waals surface area (Å²) in [4.78, 5) is 3.76. The van der Waals surface area contributed by atoms with Gasteiger partial charge in [-0.15, -0.1) is 0 Å². The number of amidine groups is 1. The zero-order chi connectivity index (χ0) is 12.4. The van der Waals surface area contributed by atoms with Crippen molar-refractivity contribution >= 4 is 11.5 Å². The topological polar surface area (TPSA) is 38.4 Å². The molecule has 2 N–H and O–H groups in total. The molecule has 0 unspecified atom stereocenters. The quantitative estimate of drug-likeness (QED) is 0.627. The van der Waals surface area contributed by atoms with E-state index in [0.717, 1.165) is 25.7 Å². The molecular weight excluding hydrogens is 229 g/mol. The number of aliphatic imine (C=N–C) groups is 1. The Labute approximate surface area is 97.3 Å². The lowest BCUT2D eigenvalue weighted by atomic mass is 10.1. The fourth-order valence-electron chi connectivity index (χ4n) is 2.08. The zero-order valence-electron chi connectivity index (χ0n) is 9.22. The SMILES string of the molecule is NC(=Nc1c(F)cc(F)cc1F)C1CCCC1. The van der Waals surface area contributed by atoms with Crippen LogP contribution in [0.2, 0.25) is 0 Å². The third-order valence-corrected chi connectivity index (χ3v) is 3.00. The lowest BCUT2D eigenvalue weighted by Crippen LogP contribution is -2.21. The first-order valence-corrected chi connectivity index (χ1v) is 5.56. The predicted molar refractivity (Wildman–Crippen MR) is 59.6 cm³/mol. The first-order valence-electron chi connectivity index (χ1n) is 5.56. The molecule has 0 radical (unpaired) electrons. The molecule has 0 aromatic heterocycles. The van der Waals surface area contributed by atoms with Crippen LogP contribution >= 0.6 is 0 Å². The molecule has 0 saturated heterocycles. The predicted octanol–water partition coefficient (Wildman–Crippen LogP) is 3.28. The van der Waals surface area contributed by atoms with Crippen LogP contribution in [-0.2, 0) is 0 Å². The van der Waals surface area contributed by atoms with Gasteiger partial charge in [0.15, 0.2) is 11.6 Å². The van der Waals surface area contributed by atoms with Crippen LogP contribution in [0.25, 0.3) is 0 Å². The molecule has 1 saturated carbocycles. The molecule has 2 rings (SSSR count). The van der Waals surface area contributed by atoms with E-state index in [-0.39, 0.29) is 11.8 Å². The summed E-state index contributed by atoms with van der Waals surface area (Å²) in [5.41, 5.74) is 5.21. The van der Waals surface area contributed by atoms with Gasteiger partial charge in [-0.3, -0.25) is 0 Å². The van der Waals surface area contributed by atoms with Crippen molar-refractivity contribution in [3.05, 3.63) is 29.6 Å². The van der Waals surface area contributed by atoms with Crippen LogP contribution in [0.1, 0.15) is 25.7 Å². The van der Waals surface area contributed by atoms with Crippen molar-refractivity contribution in [2.75, 3.05) is 0 Å². The number of halogens is 3. The average Bonchev–Trinajstić information content (AvgIpc) is 2.76. The van der Waals surface area contributed by atoms with Crippen molar-refractivity contribution < 1.29 is 13.2 Å². The summed E-state index contributed by atoms with van der Waals surface area (Å²) < 4.78 is 39.3. The van der Waals surface area contributed by atoms with E-state index in [2.05, 4.69) is 4.99 Å². The highest BCUT2D eigenvalue weighted by atomic mass is 19.1. The van der Waals surface area contributed by atoms with E-state index in [0.29, 0.717) is 12.1 Å². The number of rotatable bonds is 2. The second-order valence-corrected chi connectivity index (χ2v) is 4.24. The van der Waals surface area contributed by atoms with Gasteiger partial charge in [0.2, 0.25) is 0 Å². The van der Waals surface area contributed by atoms with E-state index in [4.69, 9.17) is 5.73 Å². The normalized spacial score (nSPS) is 17.7. The highest BCUT2D eigenvalue weighted by Gasteiger charge is 2.20. The van der Waals surface area contributed by atoms with Crippen molar-refractivity contribution in [3.63, 3.8) is 0 Å². The largest absolute Gasteiger partial charge is 0.387 e. The Morgan fingerprint density at radius 1 is 1.12 bits per heavy atom. The zero-order valence-corrected chi connectivity index (χ0v) is 9.22. The number of hydrogen-bond donors (Lipinski definition) is 1. The van der Waals surface area contributed by atoms with Gasteiger partial charge in [-0.05, 0) is 12.8 Å². The third kappa shape index (κ3) is 2.60. The summed E-state index contributed by atoms with van der Waals surface area (Å²) in [5, 5.41) is 0. The van der Waals surface area contributed by atoms with E-state index in [1.807, 2.05) is 0 Å². The van der Waals surface area contributed by atoms with Gasteiger partial charge in [0.25, 0.3) is 0 Å². The van der Waals surface area contributed by atoms with E-state index < -0.39 is 23.1 Å². The van der Waals surface area contributed by atoms with Gasteiger partial charge in [-0.25, -0.2) is 18.2 Å². The molecule has 0 heterocycles. The van der Waals surface area contributed by atoms with Crippen molar-refractivity contribution in [2.45, 2.75) is 25.7 Å². The maximum Gasteiger partial charge on any atom is 0.154 e. The molecule has 0 spiro atoms. The second kappa shape index (κ2) is 4.77. The molecule has 1 aromatic carbocycles. The molecule has 92 valence electrons. The number of nitrogens with zero attached hydrogens (tertiary/aromatic N) is 1. The van der Waals surface area contributed by atoms with E-state index in [1.165, 1.54) is 0 Å². The first kappa shape index (κ1) is 12.0. The maximum absolute atomic E-state index is 13.3. The minimum absolute atomic E-state index is 0.0823. The van der Waals surface area contributed by atoms with Gasteiger partial charge in [-0.2, -0.15) is 0 Å². The third-order valence-electron chi connectivity index (χ3n) is 3.00. The molecule has 17 heavy (non-hydrogen) atoms. The van der Waals surface area contributed by atoms with Crippen molar-refractivity contribution in [2.24, 2.45) is 16.6 Å².